The largest absolute Gasteiger partial charge is 0.392 e. The van der Waals surface area contributed by atoms with Crippen LogP contribution in [-0.2, 0) is 6.61 Å². The lowest BCUT2D eigenvalue weighted by Gasteiger charge is -2.18. The third kappa shape index (κ3) is 1.34. The fourth-order valence-electron chi connectivity index (χ4n) is 2.58. The van der Waals surface area contributed by atoms with Gasteiger partial charge in [0.2, 0.25) is 0 Å². The van der Waals surface area contributed by atoms with Crippen molar-refractivity contribution in [2.75, 3.05) is 0 Å². The standard InChI is InChI=1S/C15H13NO2/c1-8-3-4-11-10(7-17)6-16-15-9(2)5-12(18)13(8)14(11)15/h3-6,17H,7H2,1-2H3. The molecule has 90 valence electrons. The van der Waals surface area contributed by atoms with E-state index in [4.69, 9.17) is 0 Å². The molecule has 3 heteroatoms. The van der Waals surface area contributed by atoms with Crippen molar-refractivity contribution in [2.24, 2.45) is 0 Å². The number of rotatable bonds is 1. The molecular weight excluding hydrogens is 226 g/mol. The maximum atomic E-state index is 12.1. The zero-order valence-electron chi connectivity index (χ0n) is 10.3. The molecular formula is C15H13NO2. The number of allylic oxidation sites excluding steroid dienone is 2. The third-order valence-electron chi connectivity index (χ3n) is 3.48. The van der Waals surface area contributed by atoms with E-state index in [1.54, 1.807) is 12.3 Å². The molecule has 18 heavy (non-hydrogen) atoms. The molecule has 0 atom stereocenters. The highest BCUT2D eigenvalue weighted by Gasteiger charge is 2.22. The second-order valence-electron chi connectivity index (χ2n) is 4.66. The molecule has 1 N–H and O–H groups in total. The molecule has 2 aromatic rings. The number of benzene rings is 1. The Morgan fingerprint density at radius 1 is 1.28 bits per heavy atom. The van der Waals surface area contributed by atoms with Crippen molar-refractivity contribution in [3.63, 3.8) is 0 Å². The molecule has 1 aromatic carbocycles. The summed E-state index contributed by atoms with van der Waals surface area (Å²) in [6.07, 6.45) is 3.32. The smallest absolute Gasteiger partial charge is 0.187 e. The first kappa shape index (κ1) is 11.1. The lowest BCUT2D eigenvalue weighted by molar-refractivity contribution is 0.104. The topological polar surface area (TPSA) is 50.2 Å². The highest BCUT2D eigenvalue weighted by Crippen LogP contribution is 2.34. The lowest BCUT2D eigenvalue weighted by Crippen LogP contribution is -2.09. The molecule has 1 aliphatic rings. The van der Waals surface area contributed by atoms with Gasteiger partial charge in [0.1, 0.15) is 0 Å². The maximum absolute atomic E-state index is 12.1. The number of hydrogen-bond donors (Lipinski definition) is 1. The minimum Gasteiger partial charge on any atom is -0.392 e. The molecule has 0 fully saturated rings. The van der Waals surface area contributed by atoms with Crippen molar-refractivity contribution in [1.82, 2.24) is 4.98 Å². The highest BCUT2D eigenvalue weighted by molar-refractivity contribution is 6.22. The highest BCUT2D eigenvalue weighted by atomic mass is 16.3. The van der Waals surface area contributed by atoms with E-state index in [-0.39, 0.29) is 12.4 Å². The number of ketones is 1. The van der Waals surface area contributed by atoms with Crippen LogP contribution in [0.5, 0.6) is 0 Å². The Balaban J connectivity index is 2.55. The van der Waals surface area contributed by atoms with Gasteiger partial charge >= 0.3 is 0 Å². The third-order valence-corrected chi connectivity index (χ3v) is 3.48. The van der Waals surface area contributed by atoms with Crippen LogP contribution in [0.25, 0.3) is 16.3 Å². The van der Waals surface area contributed by atoms with Gasteiger partial charge in [0.05, 0.1) is 12.3 Å². The van der Waals surface area contributed by atoms with E-state index in [1.165, 1.54) is 0 Å². The molecule has 0 amide bonds. The van der Waals surface area contributed by atoms with E-state index >= 15 is 0 Å². The van der Waals surface area contributed by atoms with E-state index in [0.29, 0.717) is 0 Å². The van der Waals surface area contributed by atoms with Gasteiger partial charge in [0.25, 0.3) is 0 Å². The second kappa shape index (κ2) is 3.75. The monoisotopic (exact) mass is 239 g/mol. The quantitative estimate of drug-likeness (QED) is 0.832. The Kier molecular flexibility index (Phi) is 2.31. The number of hydrogen-bond acceptors (Lipinski definition) is 3. The first-order valence-electron chi connectivity index (χ1n) is 5.88. The molecule has 0 unspecified atom stereocenters. The number of nitrogens with zero attached hydrogens (tertiary/aromatic N) is 1. The minimum absolute atomic E-state index is 0.0278. The van der Waals surface area contributed by atoms with Crippen LogP contribution in [-0.4, -0.2) is 15.9 Å². The van der Waals surface area contributed by atoms with E-state index in [2.05, 4.69) is 4.98 Å². The predicted molar refractivity (Wildman–Crippen MR) is 70.4 cm³/mol. The Bertz CT molecular complexity index is 714. The van der Waals surface area contributed by atoms with Crippen molar-refractivity contribution in [2.45, 2.75) is 20.5 Å². The van der Waals surface area contributed by atoms with E-state index in [9.17, 15) is 9.90 Å². The van der Waals surface area contributed by atoms with Gasteiger partial charge in [-0.1, -0.05) is 12.1 Å². The number of aromatic nitrogens is 1. The van der Waals surface area contributed by atoms with Crippen LogP contribution >= 0.6 is 0 Å². The summed E-state index contributed by atoms with van der Waals surface area (Å²) in [4.78, 5) is 16.5. The lowest BCUT2D eigenvalue weighted by atomic mass is 9.87. The first-order chi connectivity index (χ1) is 8.63. The zero-order valence-corrected chi connectivity index (χ0v) is 10.3. The van der Waals surface area contributed by atoms with Crippen molar-refractivity contribution >= 4 is 22.1 Å². The summed E-state index contributed by atoms with van der Waals surface area (Å²) in [6.45, 7) is 3.75. The van der Waals surface area contributed by atoms with Crippen molar-refractivity contribution in [3.05, 3.63) is 46.8 Å². The number of aliphatic hydroxyl groups is 1. The molecule has 0 aliphatic heterocycles. The van der Waals surface area contributed by atoms with Gasteiger partial charge in [-0.3, -0.25) is 9.78 Å². The number of carbonyl (C=O) groups is 1. The summed E-state index contributed by atoms with van der Waals surface area (Å²) in [5.41, 5.74) is 4.16. The second-order valence-corrected chi connectivity index (χ2v) is 4.66. The summed E-state index contributed by atoms with van der Waals surface area (Å²) in [6, 6.07) is 3.88. The van der Waals surface area contributed by atoms with Crippen LogP contribution in [0.2, 0.25) is 0 Å². The van der Waals surface area contributed by atoms with Gasteiger partial charge < -0.3 is 5.11 Å². The van der Waals surface area contributed by atoms with Gasteiger partial charge in [-0.15, -0.1) is 0 Å². The fraction of sp³-hybridized carbons (Fsp3) is 0.200. The molecule has 3 nitrogen and oxygen atoms in total. The van der Waals surface area contributed by atoms with E-state index < -0.39 is 0 Å². The Labute approximate surface area is 105 Å². The van der Waals surface area contributed by atoms with Gasteiger partial charge in [-0.25, -0.2) is 0 Å². The van der Waals surface area contributed by atoms with E-state index in [1.807, 2.05) is 26.0 Å². The molecule has 0 saturated carbocycles. The molecule has 1 aliphatic carbocycles. The van der Waals surface area contributed by atoms with Gasteiger partial charge in [0, 0.05) is 22.7 Å². The average Bonchev–Trinajstić information content (AvgIpc) is 2.35. The van der Waals surface area contributed by atoms with Gasteiger partial charge in [-0.2, -0.15) is 0 Å². The SMILES string of the molecule is CC1=CC(=O)c2c(C)ccc3c(CO)cnc1c23. The average molecular weight is 239 g/mol. The van der Waals surface area contributed by atoms with Crippen molar-refractivity contribution in [1.29, 1.82) is 0 Å². The molecule has 0 radical (unpaired) electrons. The van der Waals surface area contributed by atoms with Crippen molar-refractivity contribution in [3.8, 4) is 0 Å². The normalized spacial score (nSPS) is 13.9. The first-order valence-corrected chi connectivity index (χ1v) is 5.88. The summed E-state index contributed by atoms with van der Waals surface area (Å²) in [5.74, 6) is 0.0278. The Hall–Kier alpha value is -2.00. The zero-order chi connectivity index (χ0) is 12.9. The number of aryl methyl sites for hydroxylation is 1. The predicted octanol–water partition coefficient (Wildman–Crippen LogP) is 2.64. The van der Waals surface area contributed by atoms with Crippen molar-refractivity contribution < 1.29 is 9.90 Å². The van der Waals surface area contributed by atoms with Gasteiger partial charge in [0.15, 0.2) is 5.78 Å². The Morgan fingerprint density at radius 2 is 2.06 bits per heavy atom. The summed E-state index contributed by atoms with van der Waals surface area (Å²) < 4.78 is 0. The summed E-state index contributed by atoms with van der Waals surface area (Å²) in [5, 5.41) is 11.2. The minimum atomic E-state index is -0.0662. The van der Waals surface area contributed by atoms with Crippen LogP contribution in [0.15, 0.2) is 24.4 Å². The summed E-state index contributed by atoms with van der Waals surface area (Å²) in [7, 11) is 0. The number of pyridine rings is 1. The molecule has 0 spiro atoms. The molecule has 0 saturated heterocycles. The maximum Gasteiger partial charge on any atom is 0.187 e. The van der Waals surface area contributed by atoms with E-state index in [0.717, 1.165) is 38.7 Å². The summed E-state index contributed by atoms with van der Waals surface area (Å²) >= 11 is 0. The molecule has 1 heterocycles. The fourth-order valence-corrected chi connectivity index (χ4v) is 2.58. The Morgan fingerprint density at radius 3 is 2.78 bits per heavy atom. The number of aliphatic hydroxyl groups excluding tert-OH is 1. The van der Waals surface area contributed by atoms with Gasteiger partial charge in [-0.05, 0) is 36.4 Å². The van der Waals surface area contributed by atoms with Crippen LogP contribution in [0, 0.1) is 6.92 Å². The molecule has 1 aromatic heterocycles. The van der Waals surface area contributed by atoms with Crippen LogP contribution in [0.3, 0.4) is 0 Å². The van der Waals surface area contributed by atoms with Crippen LogP contribution < -0.4 is 0 Å². The molecule has 3 rings (SSSR count). The number of carbonyl (C=O) groups excluding carboxylic acids is 1. The van der Waals surface area contributed by atoms with Crippen LogP contribution in [0.1, 0.15) is 34.1 Å². The van der Waals surface area contributed by atoms with Crippen LogP contribution in [0.4, 0.5) is 0 Å². The molecule has 0 bridgehead atoms.